The SMILES string of the molecule is c1cncc(-c2nnn(CN3CCOCC3)n2)c1. The third-order valence-electron chi connectivity index (χ3n) is 2.80. The molecule has 1 saturated heterocycles. The Labute approximate surface area is 104 Å². The zero-order valence-electron chi connectivity index (χ0n) is 9.94. The maximum Gasteiger partial charge on any atom is 0.206 e. The fourth-order valence-electron chi connectivity index (χ4n) is 1.84. The van der Waals surface area contributed by atoms with Gasteiger partial charge in [0.05, 0.1) is 13.2 Å². The minimum absolute atomic E-state index is 0.608. The van der Waals surface area contributed by atoms with Gasteiger partial charge in [-0.05, 0) is 17.3 Å². The molecular weight excluding hydrogens is 232 g/mol. The third-order valence-corrected chi connectivity index (χ3v) is 2.80. The van der Waals surface area contributed by atoms with Crippen molar-refractivity contribution in [1.82, 2.24) is 30.1 Å². The van der Waals surface area contributed by atoms with Gasteiger partial charge in [0.15, 0.2) is 0 Å². The first kappa shape index (κ1) is 11.2. The Kier molecular flexibility index (Phi) is 3.24. The van der Waals surface area contributed by atoms with Crippen LogP contribution in [0.2, 0.25) is 0 Å². The number of hydrogen-bond acceptors (Lipinski definition) is 6. The van der Waals surface area contributed by atoms with E-state index in [0.717, 1.165) is 31.9 Å². The van der Waals surface area contributed by atoms with Crippen LogP contribution in [0.1, 0.15) is 0 Å². The average Bonchev–Trinajstić information content (AvgIpc) is 2.89. The zero-order valence-corrected chi connectivity index (χ0v) is 9.94. The number of morpholine rings is 1. The summed E-state index contributed by atoms with van der Waals surface area (Å²) in [6.45, 7) is 4.00. The van der Waals surface area contributed by atoms with Crippen LogP contribution in [-0.4, -0.2) is 56.4 Å². The van der Waals surface area contributed by atoms with Crippen LogP contribution in [0.4, 0.5) is 0 Å². The molecule has 0 N–H and O–H groups in total. The highest BCUT2D eigenvalue weighted by molar-refractivity contribution is 5.51. The van der Waals surface area contributed by atoms with Crippen molar-refractivity contribution < 1.29 is 4.74 Å². The molecular formula is C11H14N6O. The molecule has 0 bridgehead atoms. The first-order valence-corrected chi connectivity index (χ1v) is 5.90. The molecule has 0 saturated carbocycles. The van der Waals surface area contributed by atoms with Crippen molar-refractivity contribution in [3.8, 4) is 11.4 Å². The van der Waals surface area contributed by atoms with Gasteiger partial charge in [-0.1, -0.05) is 0 Å². The second kappa shape index (κ2) is 5.19. The van der Waals surface area contributed by atoms with Crippen LogP contribution in [0.15, 0.2) is 24.5 Å². The summed E-state index contributed by atoms with van der Waals surface area (Å²) >= 11 is 0. The topological polar surface area (TPSA) is 69.0 Å². The van der Waals surface area contributed by atoms with Gasteiger partial charge in [-0.15, -0.1) is 15.0 Å². The van der Waals surface area contributed by atoms with Gasteiger partial charge in [0.25, 0.3) is 0 Å². The molecule has 0 radical (unpaired) electrons. The fourth-order valence-corrected chi connectivity index (χ4v) is 1.84. The Morgan fingerprint density at radius 2 is 2.17 bits per heavy atom. The molecule has 0 amide bonds. The largest absolute Gasteiger partial charge is 0.379 e. The van der Waals surface area contributed by atoms with Crippen LogP contribution in [0.5, 0.6) is 0 Å². The van der Waals surface area contributed by atoms with E-state index in [4.69, 9.17) is 4.74 Å². The Morgan fingerprint density at radius 3 is 2.94 bits per heavy atom. The average molecular weight is 246 g/mol. The van der Waals surface area contributed by atoms with Crippen molar-refractivity contribution >= 4 is 0 Å². The quantitative estimate of drug-likeness (QED) is 0.760. The van der Waals surface area contributed by atoms with Crippen LogP contribution in [0.3, 0.4) is 0 Å². The van der Waals surface area contributed by atoms with Crippen molar-refractivity contribution in [2.45, 2.75) is 6.67 Å². The van der Waals surface area contributed by atoms with Crippen molar-refractivity contribution in [3.05, 3.63) is 24.5 Å². The Hall–Kier alpha value is -1.86. The number of pyridine rings is 1. The van der Waals surface area contributed by atoms with E-state index >= 15 is 0 Å². The molecule has 3 heterocycles. The van der Waals surface area contributed by atoms with Crippen LogP contribution in [0, 0.1) is 0 Å². The second-order valence-electron chi connectivity index (χ2n) is 4.10. The summed E-state index contributed by atoms with van der Waals surface area (Å²) in [7, 11) is 0. The molecule has 0 atom stereocenters. The first-order valence-electron chi connectivity index (χ1n) is 5.90. The number of rotatable bonds is 3. The lowest BCUT2D eigenvalue weighted by atomic mass is 10.3. The predicted octanol–water partition coefficient (Wildman–Crippen LogP) is 0.0248. The normalized spacial score (nSPS) is 16.9. The van der Waals surface area contributed by atoms with Crippen LogP contribution < -0.4 is 0 Å². The predicted molar refractivity (Wildman–Crippen MR) is 63.4 cm³/mol. The van der Waals surface area contributed by atoms with E-state index in [0.29, 0.717) is 12.5 Å². The van der Waals surface area contributed by atoms with Crippen LogP contribution >= 0.6 is 0 Å². The van der Waals surface area contributed by atoms with E-state index in [1.54, 1.807) is 17.2 Å². The molecule has 0 aliphatic carbocycles. The van der Waals surface area contributed by atoms with Crippen molar-refractivity contribution in [2.24, 2.45) is 0 Å². The number of aromatic nitrogens is 5. The monoisotopic (exact) mass is 246 g/mol. The number of tetrazole rings is 1. The summed E-state index contributed by atoms with van der Waals surface area (Å²) < 4.78 is 5.30. The van der Waals surface area contributed by atoms with E-state index in [-0.39, 0.29) is 0 Å². The molecule has 1 fully saturated rings. The van der Waals surface area contributed by atoms with Gasteiger partial charge in [0.2, 0.25) is 5.82 Å². The molecule has 0 spiro atoms. The number of hydrogen-bond donors (Lipinski definition) is 0. The fraction of sp³-hybridized carbons (Fsp3) is 0.455. The van der Waals surface area contributed by atoms with Gasteiger partial charge >= 0.3 is 0 Å². The maximum atomic E-state index is 5.30. The molecule has 18 heavy (non-hydrogen) atoms. The molecule has 0 unspecified atom stereocenters. The lowest BCUT2D eigenvalue weighted by Crippen LogP contribution is -2.38. The summed E-state index contributed by atoms with van der Waals surface area (Å²) in [5.41, 5.74) is 0.880. The molecule has 1 aliphatic rings. The molecule has 2 aromatic heterocycles. The van der Waals surface area contributed by atoms with Gasteiger partial charge in [-0.2, -0.15) is 0 Å². The first-order chi connectivity index (χ1) is 8.92. The highest BCUT2D eigenvalue weighted by Gasteiger charge is 2.12. The molecule has 0 aromatic carbocycles. The highest BCUT2D eigenvalue weighted by Crippen LogP contribution is 2.10. The summed E-state index contributed by atoms with van der Waals surface area (Å²) in [6, 6.07) is 3.78. The smallest absolute Gasteiger partial charge is 0.206 e. The van der Waals surface area contributed by atoms with E-state index in [2.05, 4.69) is 25.3 Å². The van der Waals surface area contributed by atoms with E-state index < -0.39 is 0 Å². The Balaban J connectivity index is 1.69. The molecule has 7 nitrogen and oxygen atoms in total. The van der Waals surface area contributed by atoms with E-state index in [9.17, 15) is 0 Å². The lowest BCUT2D eigenvalue weighted by Gasteiger charge is -2.25. The molecule has 2 aromatic rings. The second-order valence-corrected chi connectivity index (χ2v) is 4.10. The van der Waals surface area contributed by atoms with Gasteiger partial charge in [0, 0.05) is 31.0 Å². The summed E-state index contributed by atoms with van der Waals surface area (Å²) in [5.74, 6) is 0.608. The molecule has 7 heteroatoms. The molecule has 3 rings (SSSR count). The molecule has 94 valence electrons. The zero-order chi connectivity index (χ0) is 12.2. The van der Waals surface area contributed by atoms with Gasteiger partial charge in [-0.25, -0.2) is 0 Å². The van der Waals surface area contributed by atoms with Crippen LogP contribution in [-0.2, 0) is 11.4 Å². The van der Waals surface area contributed by atoms with Crippen LogP contribution in [0.25, 0.3) is 11.4 Å². The van der Waals surface area contributed by atoms with E-state index in [1.807, 2.05) is 12.1 Å². The minimum atomic E-state index is 0.608. The standard InChI is InChI=1S/C11H14N6O/c1-2-10(8-12-3-1)11-13-15-17(14-11)9-16-4-6-18-7-5-16/h1-3,8H,4-7,9H2. The number of nitrogens with zero attached hydrogens (tertiary/aromatic N) is 6. The Morgan fingerprint density at radius 1 is 1.28 bits per heavy atom. The lowest BCUT2D eigenvalue weighted by molar-refractivity contribution is 0.0184. The highest BCUT2D eigenvalue weighted by atomic mass is 16.5. The van der Waals surface area contributed by atoms with Gasteiger partial charge in [0.1, 0.15) is 6.67 Å². The minimum Gasteiger partial charge on any atom is -0.379 e. The van der Waals surface area contributed by atoms with Crippen molar-refractivity contribution in [2.75, 3.05) is 26.3 Å². The third kappa shape index (κ3) is 2.52. The Bertz CT molecular complexity index is 493. The maximum absolute atomic E-state index is 5.30. The van der Waals surface area contributed by atoms with Crippen molar-refractivity contribution in [3.63, 3.8) is 0 Å². The summed E-state index contributed by atoms with van der Waals surface area (Å²) in [5, 5.41) is 12.4. The molecule has 1 aliphatic heterocycles. The summed E-state index contributed by atoms with van der Waals surface area (Å²) in [6.07, 6.45) is 3.46. The summed E-state index contributed by atoms with van der Waals surface area (Å²) in [4.78, 5) is 7.88. The van der Waals surface area contributed by atoms with Gasteiger partial charge < -0.3 is 4.74 Å². The van der Waals surface area contributed by atoms with Crippen molar-refractivity contribution in [1.29, 1.82) is 0 Å². The van der Waals surface area contributed by atoms with Gasteiger partial charge in [-0.3, -0.25) is 9.88 Å². The number of ether oxygens (including phenoxy) is 1. The van der Waals surface area contributed by atoms with E-state index in [1.165, 1.54) is 0 Å².